The van der Waals surface area contributed by atoms with Crippen molar-refractivity contribution in [3.05, 3.63) is 0 Å². The number of hydrogen-bond acceptors (Lipinski definition) is 3. The first kappa shape index (κ1) is 9.93. The number of carbonyl (C=O) groups excluding carboxylic acids is 1. The first-order chi connectivity index (χ1) is 6.63. The molecule has 4 heteroatoms. The summed E-state index contributed by atoms with van der Waals surface area (Å²) in [4.78, 5) is 11.2. The van der Waals surface area contributed by atoms with Crippen LogP contribution in [0.2, 0.25) is 0 Å². The Labute approximate surface area is 84.0 Å². The summed E-state index contributed by atoms with van der Waals surface area (Å²) in [5.74, 6) is -0.167. The molecule has 2 rings (SSSR count). The molecule has 0 saturated heterocycles. The average Bonchev–Trinajstić information content (AvgIpc) is 2.82. The van der Waals surface area contributed by atoms with Crippen LogP contribution in [0.4, 0.5) is 0 Å². The summed E-state index contributed by atoms with van der Waals surface area (Å²) in [5, 5.41) is 0. The number of rotatable bonds is 5. The molecule has 0 aromatic rings. The maximum Gasteiger partial charge on any atom is 0.240 e. The highest BCUT2D eigenvalue weighted by atomic mass is 16.5. The molecule has 2 fully saturated rings. The topological polar surface area (TPSA) is 78.3 Å². The molecule has 2 aliphatic rings. The predicted molar refractivity (Wildman–Crippen MR) is 52.4 cm³/mol. The minimum absolute atomic E-state index is 0.250. The Kier molecular flexibility index (Phi) is 2.49. The van der Waals surface area contributed by atoms with Gasteiger partial charge in [0.05, 0.1) is 12.7 Å². The molecule has 4 nitrogen and oxygen atoms in total. The highest BCUT2D eigenvalue weighted by molar-refractivity contribution is 5.85. The van der Waals surface area contributed by atoms with Crippen molar-refractivity contribution in [3.63, 3.8) is 0 Å². The Morgan fingerprint density at radius 3 is 2.36 bits per heavy atom. The summed E-state index contributed by atoms with van der Waals surface area (Å²) in [5.41, 5.74) is 10.4. The molecule has 0 aliphatic heterocycles. The molecule has 80 valence electrons. The Morgan fingerprint density at radius 1 is 1.36 bits per heavy atom. The lowest BCUT2D eigenvalue weighted by Crippen LogP contribution is -2.58. The van der Waals surface area contributed by atoms with Crippen LogP contribution in [-0.4, -0.2) is 24.2 Å². The molecule has 0 radical (unpaired) electrons. The monoisotopic (exact) mass is 198 g/mol. The maximum atomic E-state index is 11.2. The second kappa shape index (κ2) is 3.51. The van der Waals surface area contributed by atoms with E-state index >= 15 is 0 Å². The van der Waals surface area contributed by atoms with Crippen molar-refractivity contribution in [3.8, 4) is 0 Å². The number of carbonyl (C=O) groups is 1. The molecule has 0 spiro atoms. The summed E-state index contributed by atoms with van der Waals surface area (Å²) >= 11 is 0. The van der Waals surface area contributed by atoms with Gasteiger partial charge < -0.3 is 16.2 Å². The second-order valence-corrected chi connectivity index (χ2v) is 4.54. The standard InChI is InChI=1S/C10H18N2O2/c11-9(13)10(12,7-4-5-7)6-14-8-2-1-3-8/h7-8H,1-6,12H2,(H2,11,13). The molecule has 0 heterocycles. The molecule has 0 aromatic heterocycles. The summed E-state index contributed by atoms with van der Waals surface area (Å²) in [6.07, 6.45) is 5.75. The molecule has 1 unspecified atom stereocenters. The van der Waals surface area contributed by atoms with Gasteiger partial charge in [0.15, 0.2) is 0 Å². The zero-order valence-corrected chi connectivity index (χ0v) is 8.37. The number of nitrogens with two attached hydrogens (primary N) is 2. The minimum atomic E-state index is -0.907. The van der Waals surface area contributed by atoms with Gasteiger partial charge in [-0.15, -0.1) is 0 Å². The maximum absolute atomic E-state index is 11.2. The van der Waals surface area contributed by atoms with Crippen LogP contribution in [0.5, 0.6) is 0 Å². The number of ether oxygens (including phenoxy) is 1. The summed E-state index contributed by atoms with van der Waals surface area (Å²) < 4.78 is 5.58. The van der Waals surface area contributed by atoms with Gasteiger partial charge in [0.2, 0.25) is 5.91 Å². The van der Waals surface area contributed by atoms with E-state index in [9.17, 15) is 4.79 Å². The SMILES string of the molecule is NC(=O)C(N)(COC1CCC1)C1CC1. The van der Waals surface area contributed by atoms with Gasteiger partial charge in [-0.2, -0.15) is 0 Å². The number of hydrogen-bond donors (Lipinski definition) is 2. The van der Waals surface area contributed by atoms with E-state index in [4.69, 9.17) is 16.2 Å². The molecular weight excluding hydrogens is 180 g/mol. The average molecular weight is 198 g/mol. The molecule has 14 heavy (non-hydrogen) atoms. The third-order valence-corrected chi connectivity index (χ3v) is 3.37. The highest BCUT2D eigenvalue weighted by Gasteiger charge is 2.47. The molecule has 4 N–H and O–H groups in total. The van der Waals surface area contributed by atoms with E-state index in [2.05, 4.69) is 0 Å². The predicted octanol–water partition coefficient (Wildman–Crippen LogP) is 0.148. The van der Waals surface area contributed by atoms with Crippen LogP contribution in [0.15, 0.2) is 0 Å². The Bertz CT molecular complexity index is 236. The van der Waals surface area contributed by atoms with E-state index in [1.165, 1.54) is 6.42 Å². The summed E-state index contributed by atoms with van der Waals surface area (Å²) in [7, 11) is 0. The van der Waals surface area contributed by atoms with Gasteiger partial charge in [0.1, 0.15) is 5.54 Å². The molecule has 2 aliphatic carbocycles. The smallest absolute Gasteiger partial charge is 0.240 e. The van der Waals surface area contributed by atoms with Crippen LogP contribution in [0.3, 0.4) is 0 Å². The van der Waals surface area contributed by atoms with E-state index in [-0.39, 0.29) is 5.92 Å². The third-order valence-electron chi connectivity index (χ3n) is 3.37. The Morgan fingerprint density at radius 2 is 2.00 bits per heavy atom. The second-order valence-electron chi connectivity index (χ2n) is 4.54. The van der Waals surface area contributed by atoms with Crippen molar-refractivity contribution in [1.29, 1.82) is 0 Å². The van der Waals surface area contributed by atoms with Crippen LogP contribution >= 0.6 is 0 Å². The summed E-state index contributed by atoms with van der Waals surface area (Å²) in [6.45, 7) is 0.303. The van der Waals surface area contributed by atoms with Gasteiger partial charge in [-0.3, -0.25) is 4.79 Å². The molecule has 0 aromatic carbocycles. The van der Waals surface area contributed by atoms with Gasteiger partial charge in [0.25, 0.3) is 0 Å². The number of primary amides is 1. The van der Waals surface area contributed by atoms with E-state index < -0.39 is 11.4 Å². The largest absolute Gasteiger partial charge is 0.376 e. The van der Waals surface area contributed by atoms with E-state index in [0.717, 1.165) is 25.7 Å². The van der Waals surface area contributed by atoms with Crippen molar-refractivity contribution in [1.82, 2.24) is 0 Å². The number of amides is 1. The zero-order chi connectivity index (χ0) is 10.2. The lowest BCUT2D eigenvalue weighted by Gasteiger charge is -2.31. The molecule has 1 atom stereocenters. The van der Waals surface area contributed by atoms with Crippen LogP contribution in [-0.2, 0) is 9.53 Å². The fourth-order valence-electron chi connectivity index (χ4n) is 1.78. The molecule has 1 amide bonds. The highest BCUT2D eigenvalue weighted by Crippen LogP contribution is 2.39. The van der Waals surface area contributed by atoms with Gasteiger partial charge in [-0.05, 0) is 38.0 Å². The van der Waals surface area contributed by atoms with Crippen LogP contribution < -0.4 is 11.5 Å². The van der Waals surface area contributed by atoms with Gasteiger partial charge in [-0.1, -0.05) is 0 Å². The summed E-state index contributed by atoms with van der Waals surface area (Å²) in [6, 6.07) is 0. The van der Waals surface area contributed by atoms with E-state index in [1.807, 2.05) is 0 Å². The van der Waals surface area contributed by atoms with Gasteiger partial charge >= 0.3 is 0 Å². The van der Waals surface area contributed by atoms with Gasteiger partial charge in [0, 0.05) is 0 Å². The van der Waals surface area contributed by atoms with Crippen LogP contribution in [0.1, 0.15) is 32.1 Å². The zero-order valence-electron chi connectivity index (χ0n) is 8.37. The fourth-order valence-corrected chi connectivity index (χ4v) is 1.78. The van der Waals surface area contributed by atoms with Crippen molar-refractivity contribution in [2.75, 3.05) is 6.61 Å². The molecular formula is C10H18N2O2. The minimum Gasteiger partial charge on any atom is -0.376 e. The van der Waals surface area contributed by atoms with Crippen LogP contribution in [0.25, 0.3) is 0 Å². The van der Waals surface area contributed by atoms with Crippen LogP contribution in [0, 0.1) is 5.92 Å². The quantitative estimate of drug-likeness (QED) is 0.660. The van der Waals surface area contributed by atoms with Crippen molar-refractivity contribution in [2.24, 2.45) is 17.4 Å². The first-order valence-corrected chi connectivity index (χ1v) is 5.33. The molecule has 2 saturated carbocycles. The normalized spacial score (nSPS) is 26.6. The van der Waals surface area contributed by atoms with Crippen molar-refractivity contribution >= 4 is 5.91 Å². The third kappa shape index (κ3) is 1.77. The lowest BCUT2D eigenvalue weighted by molar-refractivity contribution is -0.128. The first-order valence-electron chi connectivity index (χ1n) is 5.33. The molecule has 0 bridgehead atoms. The Balaban J connectivity index is 1.86. The van der Waals surface area contributed by atoms with E-state index in [1.54, 1.807) is 0 Å². The lowest BCUT2D eigenvalue weighted by atomic mass is 9.93. The van der Waals surface area contributed by atoms with E-state index in [0.29, 0.717) is 12.7 Å². The fraction of sp³-hybridized carbons (Fsp3) is 0.900. The van der Waals surface area contributed by atoms with Gasteiger partial charge in [-0.25, -0.2) is 0 Å². The van der Waals surface area contributed by atoms with Crippen molar-refractivity contribution in [2.45, 2.75) is 43.7 Å². The Hall–Kier alpha value is -0.610. The van der Waals surface area contributed by atoms with Crippen molar-refractivity contribution < 1.29 is 9.53 Å².